The number of hydrazine groups is 1. The van der Waals surface area contributed by atoms with Crippen LogP contribution in [0.2, 0.25) is 0 Å². The fraction of sp³-hybridized carbons (Fsp3) is 0.500. The largest absolute Gasteiger partial charge is 0.384 e. The summed E-state index contributed by atoms with van der Waals surface area (Å²) in [5.41, 5.74) is 13.7. The van der Waals surface area contributed by atoms with Crippen LogP contribution in [0, 0.1) is 0 Å². The van der Waals surface area contributed by atoms with Crippen molar-refractivity contribution in [1.82, 2.24) is 15.8 Å². The molecule has 0 aromatic carbocycles. The average molecular weight is 129 g/mol. The van der Waals surface area contributed by atoms with Crippen LogP contribution in [0.1, 0.15) is 0 Å². The van der Waals surface area contributed by atoms with E-state index in [9.17, 15) is 0 Å². The molecule has 52 valence electrons. The Balaban J connectivity index is 2.47. The first-order chi connectivity index (χ1) is 4.33. The topological polar surface area (TPSA) is 79.3 Å². The summed E-state index contributed by atoms with van der Waals surface area (Å²) in [6.45, 7) is 1.07. The molecule has 0 aliphatic carbocycles. The summed E-state index contributed by atoms with van der Waals surface area (Å²) in [4.78, 5) is 0. The molecule has 6 N–H and O–H groups in total. The highest BCUT2D eigenvalue weighted by Gasteiger charge is 2.01. The molecule has 0 saturated heterocycles. The van der Waals surface area contributed by atoms with E-state index in [0.29, 0.717) is 19.2 Å². The monoisotopic (exact) mass is 129 g/mol. The highest BCUT2D eigenvalue weighted by molar-refractivity contribution is 4.94. The van der Waals surface area contributed by atoms with Crippen LogP contribution in [0.15, 0.2) is 12.0 Å². The fourth-order valence-corrected chi connectivity index (χ4v) is 0.620. The van der Waals surface area contributed by atoms with Gasteiger partial charge in [-0.25, -0.2) is 5.43 Å². The Morgan fingerprint density at radius 1 is 1.78 bits per heavy atom. The standard InChI is InChI=1S/C4H11N5/c5-2-9-1-4(6)7-3-8-9/h1,7-8H,2-3,5-6H2. The zero-order valence-corrected chi connectivity index (χ0v) is 5.09. The maximum absolute atomic E-state index is 5.41. The van der Waals surface area contributed by atoms with Gasteiger partial charge in [0, 0.05) is 0 Å². The summed E-state index contributed by atoms with van der Waals surface area (Å²) in [6.07, 6.45) is 1.71. The Labute approximate surface area is 53.6 Å². The van der Waals surface area contributed by atoms with Crippen molar-refractivity contribution in [3.8, 4) is 0 Å². The minimum Gasteiger partial charge on any atom is -0.384 e. The number of rotatable bonds is 1. The van der Waals surface area contributed by atoms with Crippen LogP contribution >= 0.6 is 0 Å². The summed E-state index contributed by atoms with van der Waals surface area (Å²) in [6, 6.07) is 0. The predicted octanol–water partition coefficient (Wildman–Crippen LogP) is -1.97. The van der Waals surface area contributed by atoms with Crippen LogP contribution in [-0.4, -0.2) is 18.3 Å². The SMILES string of the molecule is NCN1C=C(N)NCN1. The summed E-state index contributed by atoms with van der Waals surface area (Å²) in [5, 5.41) is 4.59. The van der Waals surface area contributed by atoms with Gasteiger partial charge in [-0.05, 0) is 0 Å². The molecule has 9 heavy (non-hydrogen) atoms. The van der Waals surface area contributed by atoms with E-state index in [1.807, 2.05) is 0 Å². The lowest BCUT2D eigenvalue weighted by Crippen LogP contribution is -2.48. The molecule has 0 unspecified atom stereocenters. The van der Waals surface area contributed by atoms with Gasteiger partial charge in [0.25, 0.3) is 0 Å². The van der Waals surface area contributed by atoms with Crippen molar-refractivity contribution >= 4 is 0 Å². The van der Waals surface area contributed by atoms with Gasteiger partial charge >= 0.3 is 0 Å². The molecule has 1 rings (SSSR count). The Kier molecular flexibility index (Phi) is 1.76. The van der Waals surface area contributed by atoms with Gasteiger partial charge in [0.1, 0.15) is 5.82 Å². The first-order valence-corrected chi connectivity index (χ1v) is 2.74. The summed E-state index contributed by atoms with van der Waals surface area (Å²) < 4.78 is 0. The van der Waals surface area contributed by atoms with E-state index < -0.39 is 0 Å². The number of nitrogens with zero attached hydrogens (tertiary/aromatic N) is 1. The van der Waals surface area contributed by atoms with E-state index in [1.165, 1.54) is 0 Å². The number of hydrogen-bond donors (Lipinski definition) is 4. The van der Waals surface area contributed by atoms with Crippen LogP contribution in [0.5, 0.6) is 0 Å². The van der Waals surface area contributed by atoms with Gasteiger partial charge in [0.05, 0.1) is 19.5 Å². The molecule has 5 heteroatoms. The normalized spacial score (nSPS) is 18.8. The van der Waals surface area contributed by atoms with Crippen molar-refractivity contribution in [2.75, 3.05) is 13.3 Å². The summed E-state index contributed by atoms with van der Waals surface area (Å²) >= 11 is 0. The maximum atomic E-state index is 5.41. The molecular formula is C4H11N5. The van der Waals surface area contributed by atoms with Crippen LogP contribution in [0.3, 0.4) is 0 Å². The van der Waals surface area contributed by atoms with Crippen molar-refractivity contribution in [3.05, 3.63) is 12.0 Å². The highest BCUT2D eigenvalue weighted by Crippen LogP contribution is 1.87. The Hall–Kier alpha value is -0.940. The maximum Gasteiger partial charge on any atom is 0.115 e. The zero-order chi connectivity index (χ0) is 6.69. The van der Waals surface area contributed by atoms with Crippen LogP contribution in [0.25, 0.3) is 0 Å². The molecule has 1 heterocycles. The molecular weight excluding hydrogens is 118 g/mol. The van der Waals surface area contributed by atoms with E-state index in [-0.39, 0.29) is 0 Å². The molecule has 0 amide bonds. The second kappa shape index (κ2) is 2.56. The average Bonchev–Trinajstić information content (AvgIpc) is 1.88. The van der Waals surface area contributed by atoms with Gasteiger partial charge in [-0.1, -0.05) is 0 Å². The Morgan fingerprint density at radius 3 is 3.00 bits per heavy atom. The smallest absolute Gasteiger partial charge is 0.115 e. The fourth-order valence-electron chi connectivity index (χ4n) is 0.620. The third kappa shape index (κ3) is 1.48. The van der Waals surface area contributed by atoms with Crippen molar-refractivity contribution in [2.24, 2.45) is 11.5 Å². The second-order valence-corrected chi connectivity index (χ2v) is 1.75. The van der Waals surface area contributed by atoms with Crippen molar-refractivity contribution in [3.63, 3.8) is 0 Å². The quantitative estimate of drug-likeness (QED) is 0.330. The van der Waals surface area contributed by atoms with Crippen molar-refractivity contribution < 1.29 is 0 Å². The van der Waals surface area contributed by atoms with E-state index in [1.54, 1.807) is 11.2 Å². The highest BCUT2D eigenvalue weighted by atomic mass is 15.6. The Morgan fingerprint density at radius 2 is 2.56 bits per heavy atom. The predicted molar refractivity (Wildman–Crippen MR) is 34.3 cm³/mol. The van der Waals surface area contributed by atoms with Crippen LogP contribution < -0.4 is 22.2 Å². The van der Waals surface area contributed by atoms with E-state index >= 15 is 0 Å². The lowest BCUT2D eigenvalue weighted by atomic mass is 10.6. The van der Waals surface area contributed by atoms with Gasteiger partial charge in [0.15, 0.2) is 0 Å². The van der Waals surface area contributed by atoms with Crippen LogP contribution in [0.4, 0.5) is 0 Å². The third-order valence-electron chi connectivity index (χ3n) is 1.07. The van der Waals surface area contributed by atoms with Gasteiger partial charge in [-0.15, -0.1) is 0 Å². The second-order valence-electron chi connectivity index (χ2n) is 1.75. The Bertz CT molecular complexity index is 120. The molecule has 0 aromatic heterocycles. The van der Waals surface area contributed by atoms with Gasteiger partial charge in [-0.2, -0.15) is 0 Å². The van der Waals surface area contributed by atoms with Crippen molar-refractivity contribution in [2.45, 2.75) is 0 Å². The zero-order valence-electron chi connectivity index (χ0n) is 5.09. The molecule has 0 spiro atoms. The number of hydrogen-bond acceptors (Lipinski definition) is 5. The first kappa shape index (κ1) is 6.18. The minimum atomic E-state index is 0.433. The molecule has 0 saturated carbocycles. The lowest BCUT2D eigenvalue weighted by Gasteiger charge is -2.25. The molecule has 0 radical (unpaired) electrons. The first-order valence-electron chi connectivity index (χ1n) is 2.74. The van der Waals surface area contributed by atoms with Gasteiger partial charge < -0.3 is 16.8 Å². The molecule has 1 aliphatic rings. The molecule has 1 aliphatic heterocycles. The minimum absolute atomic E-state index is 0.433. The summed E-state index contributed by atoms with van der Waals surface area (Å²) in [7, 11) is 0. The third-order valence-corrected chi connectivity index (χ3v) is 1.07. The lowest BCUT2D eigenvalue weighted by molar-refractivity contribution is 0.249. The number of nitrogens with one attached hydrogen (secondary N) is 2. The number of nitrogens with two attached hydrogens (primary N) is 2. The van der Waals surface area contributed by atoms with Crippen LogP contribution in [-0.2, 0) is 0 Å². The molecule has 0 bridgehead atoms. The van der Waals surface area contributed by atoms with Gasteiger partial charge in [-0.3, -0.25) is 5.01 Å². The van der Waals surface area contributed by atoms with Gasteiger partial charge in [0.2, 0.25) is 0 Å². The van der Waals surface area contributed by atoms with E-state index in [2.05, 4.69) is 10.7 Å². The van der Waals surface area contributed by atoms with E-state index in [0.717, 1.165) is 0 Å². The molecule has 0 fully saturated rings. The van der Waals surface area contributed by atoms with Crippen molar-refractivity contribution in [1.29, 1.82) is 0 Å². The molecule has 0 atom stereocenters. The summed E-state index contributed by atoms with van der Waals surface area (Å²) in [5.74, 6) is 0.638. The molecule has 0 aromatic rings. The van der Waals surface area contributed by atoms with E-state index in [4.69, 9.17) is 11.5 Å². The molecule has 5 nitrogen and oxygen atoms in total.